The van der Waals surface area contributed by atoms with Crippen LogP contribution >= 0.6 is 23.2 Å². The largest absolute Gasteiger partial charge is 0.396 e. The Balaban J connectivity index is 1.94. The third-order valence-corrected chi connectivity index (χ3v) is 5.29. The van der Waals surface area contributed by atoms with E-state index in [-0.39, 0.29) is 28.7 Å². The fourth-order valence-electron chi connectivity index (χ4n) is 1.91. The highest BCUT2D eigenvalue weighted by Gasteiger charge is 2.17. The summed E-state index contributed by atoms with van der Waals surface area (Å²) in [6.45, 7) is -0.260. The van der Waals surface area contributed by atoms with E-state index in [1.807, 2.05) is 0 Å². The number of nitrogen functional groups attached to an aromatic ring is 1. The molecule has 0 saturated heterocycles. The van der Waals surface area contributed by atoms with Crippen molar-refractivity contribution in [3.63, 3.8) is 0 Å². The Kier molecular flexibility index (Phi) is 6.40. The van der Waals surface area contributed by atoms with Gasteiger partial charge in [0.1, 0.15) is 0 Å². The van der Waals surface area contributed by atoms with Crippen molar-refractivity contribution in [2.24, 2.45) is 0 Å². The number of amides is 1. The SMILES string of the molecule is Nc1c(Cl)cc(NC(=O)CCNS(=O)(=O)c2ccc(F)c(F)c2)cc1Cl. The minimum atomic E-state index is -4.08. The number of sulfonamides is 1. The number of carbonyl (C=O) groups excluding carboxylic acids is 1. The number of rotatable bonds is 6. The summed E-state index contributed by atoms with van der Waals surface area (Å²) < 4.78 is 52.1. The van der Waals surface area contributed by atoms with Gasteiger partial charge in [0, 0.05) is 18.7 Å². The Bertz CT molecular complexity index is 932. The lowest BCUT2D eigenvalue weighted by Crippen LogP contribution is -2.28. The van der Waals surface area contributed by atoms with E-state index in [9.17, 15) is 22.0 Å². The van der Waals surface area contributed by atoms with Crippen molar-refractivity contribution in [2.45, 2.75) is 11.3 Å². The maximum absolute atomic E-state index is 13.1. The molecule has 140 valence electrons. The summed E-state index contributed by atoms with van der Waals surface area (Å²) >= 11 is 11.7. The number of halogens is 4. The first-order valence-corrected chi connectivity index (χ1v) is 9.33. The monoisotopic (exact) mass is 423 g/mol. The van der Waals surface area contributed by atoms with Gasteiger partial charge in [0.2, 0.25) is 15.9 Å². The lowest BCUT2D eigenvalue weighted by Gasteiger charge is -2.09. The normalized spacial score (nSPS) is 11.4. The van der Waals surface area contributed by atoms with E-state index in [0.29, 0.717) is 17.8 Å². The zero-order valence-electron chi connectivity index (χ0n) is 13.0. The summed E-state index contributed by atoms with van der Waals surface area (Å²) in [5, 5.41) is 2.80. The van der Waals surface area contributed by atoms with Gasteiger partial charge in [-0.2, -0.15) is 0 Å². The van der Waals surface area contributed by atoms with Crippen LogP contribution in [0.5, 0.6) is 0 Å². The van der Waals surface area contributed by atoms with Crippen LogP contribution in [-0.4, -0.2) is 20.9 Å². The topological polar surface area (TPSA) is 101 Å². The number of hydrogen-bond acceptors (Lipinski definition) is 4. The maximum Gasteiger partial charge on any atom is 0.240 e. The number of nitrogens with two attached hydrogens (primary N) is 1. The lowest BCUT2D eigenvalue weighted by atomic mass is 10.2. The van der Waals surface area contributed by atoms with Gasteiger partial charge in [0.15, 0.2) is 11.6 Å². The molecule has 0 fully saturated rings. The van der Waals surface area contributed by atoms with Gasteiger partial charge in [-0.1, -0.05) is 23.2 Å². The average Bonchev–Trinajstić information content (AvgIpc) is 2.54. The highest BCUT2D eigenvalue weighted by molar-refractivity contribution is 7.89. The van der Waals surface area contributed by atoms with Gasteiger partial charge in [-0.3, -0.25) is 4.79 Å². The van der Waals surface area contributed by atoms with Crippen LogP contribution in [0.2, 0.25) is 10.0 Å². The molecule has 0 aliphatic heterocycles. The highest BCUT2D eigenvalue weighted by atomic mass is 35.5. The van der Waals surface area contributed by atoms with Crippen molar-refractivity contribution in [1.29, 1.82) is 0 Å². The molecule has 0 spiro atoms. The van der Waals surface area contributed by atoms with Crippen molar-refractivity contribution in [3.8, 4) is 0 Å². The van der Waals surface area contributed by atoms with Crippen LogP contribution < -0.4 is 15.8 Å². The van der Waals surface area contributed by atoms with Crippen LogP contribution in [0.15, 0.2) is 35.2 Å². The summed E-state index contributed by atoms with van der Waals surface area (Å²) in [7, 11) is -4.08. The average molecular weight is 424 g/mol. The van der Waals surface area contributed by atoms with Crippen LogP contribution in [0.4, 0.5) is 20.2 Å². The lowest BCUT2D eigenvalue weighted by molar-refractivity contribution is -0.116. The smallest absolute Gasteiger partial charge is 0.240 e. The Hall–Kier alpha value is -1.94. The van der Waals surface area contributed by atoms with Crippen LogP contribution in [0.3, 0.4) is 0 Å². The van der Waals surface area contributed by atoms with E-state index in [1.54, 1.807) is 0 Å². The molecule has 11 heteroatoms. The summed E-state index contributed by atoms with van der Waals surface area (Å²) in [5.74, 6) is -2.97. The number of benzene rings is 2. The fourth-order valence-corrected chi connectivity index (χ4v) is 3.44. The molecule has 4 N–H and O–H groups in total. The van der Waals surface area contributed by atoms with Gasteiger partial charge in [0.25, 0.3) is 0 Å². The molecule has 0 bridgehead atoms. The minimum absolute atomic E-state index is 0.159. The molecule has 0 unspecified atom stereocenters. The van der Waals surface area contributed by atoms with Gasteiger partial charge >= 0.3 is 0 Å². The molecule has 0 saturated carbocycles. The second-order valence-electron chi connectivity index (χ2n) is 5.13. The molecule has 6 nitrogen and oxygen atoms in total. The van der Waals surface area contributed by atoms with Gasteiger partial charge in [-0.15, -0.1) is 0 Å². The maximum atomic E-state index is 13.1. The van der Waals surface area contributed by atoms with E-state index in [2.05, 4.69) is 10.0 Å². The quantitative estimate of drug-likeness (QED) is 0.620. The van der Waals surface area contributed by atoms with E-state index in [4.69, 9.17) is 28.9 Å². The van der Waals surface area contributed by atoms with E-state index >= 15 is 0 Å². The summed E-state index contributed by atoms with van der Waals surface area (Å²) in [4.78, 5) is 11.4. The molecule has 2 rings (SSSR count). The van der Waals surface area contributed by atoms with Crippen molar-refractivity contribution < 1.29 is 22.0 Å². The Morgan fingerprint density at radius 2 is 1.69 bits per heavy atom. The van der Waals surface area contributed by atoms with Gasteiger partial charge in [0.05, 0.1) is 20.6 Å². The molecule has 0 aromatic heterocycles. The number of nitrogens with one attached hydrogen (secondary N) is 2. The van der Waals surface area contributed by atoms with E-state index < -0.39 is 32.5 Å². The number of hydrogen-bond donors (Lipinski definition) is 3. The molecule has 0 aliphatic rings. The molecule has 2 aromatic rings. The van der Waals surface area contributed by atoms with Crippen LogP contribution in [0.25, 0.3) is 0 Å². The molecule has 26 heavy (non-hydrogen) atoms. The molecule has 2 aromatic carbocycles. The van der Waals surface area contributed by atoms with E-state index in [1.165, 1.54) is 12.1 Å². The minimum Gasteiger partial charge on any atom is -0.396 e. The zero-order chi connectivity index (χ0) is 19.5. The fraction of sp³-hybridized carbons (Fsp3) is 0.133. The Morgan fingerprint density at radius 1 is 1.08 bits per heavy atom. The van der Waals surface area contributed by atoms with Crippen molar-refractivity contribution in [3.05, 3.63) is 52.0 Å². The van der Waals surface area contributed by atoms with Crippen LogP contribution in [-0.2, 0) is 14.8 Å². The third kappa shape index (κ3) is 5.04. The van der Waals surface area contributed by atoms with E-state index in [0.717, 1.165) is 6.07 Å². The Morgan fingerprint density at radius 3 is 2.27 bits per heavy atom. The second-order valence-corrected chi connectivity index (χ2v) is 7.71. The molecular weight excluding hydrogens is 411 g/mol. The zero-order valence-corrected chi connectivity index (χ0v) is 15.4. The molecule has 0 radical (unpaired) electrons. The van der Waals surface area contributed by atoms with Crippen LogP contribution in [0, 0.1) is 11.6 Å². The van der Waals surface area contributed by atoms with Gasteiger partial charge in [-0.25, -0.2) is 21.9 Å². The molecule has 1 amide bonds. The molecule has 0 heterocycles. The third-order valence-electron chi connectivity index (χ3n) is 3.21. The highest BCUT2D eigenvalue weighted by Crippen LogP contribution is 2.31. The predicted octanol–water partition coefficient (Wildman–Crippen LogP) is 3.16. The predicted molar refractivity (Wildman–Crippen MR) is 95.7 cm³/mol. The van der Waals surface area contributed by atoms with Crippen molar-refractivity contribution in [2.75, 3.05) is 17.6 Å². The first-order valence-electron chi connectivity index (χ1n) is 7.09. The summed E-state index contributed by atoms with van der Waals surface area (Å²) in [6.07, 6.45) is -0.220. The molecule has 0 atom stereocenters. The van der Waals surface area contributed by atoms with Gasteiger partial charge in [-0.05, 0) is 30.3 Å². The summed E-state index contributed by atoms with van der Waals surface area (Å²) in [6, 6.07) is 4.96. The molecule has 0 aliphatic carbocycles. The number of carbonyl (C=O) groups is 1. The second kappa shape index (κ2) is 8.17. The first-order chi connectivity index (χ1) is 12.1. The summed E-state index contributed by atoms with van der Waals surface area (Å²) in [5.41, 5.74) is 6.05. The van der Waals surface area contributed by atoms with Crippen molar-refractivity contribution in [1.82, 2.24) is 4.72 Å². The van der Waals surface area contributed by atoms with Crippen LogP contribution in [0.1, 0.15) is 6.42 Å². The Labute approximate surface area is 158 Å². The molecular formula is C15H13Cl2F2N3O3S. The van der Waals surface area contributed by atoms with Gasteiger partial charge < -0.3 is 11.1 Å². The standard InChI is InChI=1S/C15H13Cl2F2N3O3S/c16-10-5-8(6-11(17)15(10)20)22-14(23)3-4-21-26(24,25)9-1-2-12(18)13(19)7-9/h1-2,5-7,21H,3-4,20H2,(H,22,23). The number of anilines is 2. The first kappa shape index (κ1) is 20.4. The van der Waals surface area contributed by atoms with Crippen molar-refractivity contribution >= 4 is 50.5 Å².